The molecule has 1 fully saturated rings. The molecule has 1 aliphatic rings. The van der Waals surface area contributed by atoms with E-state index in [0.717, 1.165) is 24.3 Å². The van der Waals surface area contributed by atoms with Crippen molar-refractivity contribution >= 4 is 11.8 Å². The molecule has 0 aromatic heterocycles. The van der Waals surface area contributed by atoms with Gasteiger partial charge in [-0.3, -0.25) is 14.5 Å². The molecule has 0 saturated carbocycles. The summed E-state index contributed by atoms with van der Waals surface area (Å²) >= 11 is 0. The van der Waals surface area contributed by atoms with Crippen molar-refractivity contribution in [3.63, 3.8) is 0 Å². The SMILES string of the molecule is CCCCCOc1ccc([C@@H]2CC(=O)N(C)C2=O)cc1. The fourth-order valence-electron chi connectivity index (χ4n) is 2.35. The van der Waals surface area contributed by atoms with Crippen LogP contribution < -0.4 is 4.74 Å². The molecule has 4 heteroatoms. The van der Waals surface area contributed by atoms with Gasteiger partial charge >= 0.3 is 0 Å². The zero-order valence-corrected chi connectivity index (χ0v) is 12.1. The van der Waals surface area contributed by atoms with Gasteiger partial charge in [-0.05, 0) is 24.1 Å². The first-order valence-corrected chi connectivity index (χ1v) is 7.16. The smallest absolute Gasteiger partial charge is 0.236 e. The Morgan fingerprint density at radius 2 is 1.90 bits per heavy atom. The van der Waals surface area contributed by atoms with Crippen LogP contribution in [0.25, 0.3) is 0 Å². The number of rotatable bonds is 6. The number of nitrogens with zero attached hydrogens (tertiary/aromatic N) is 1. The van der Waals surface area contributed by atoms with E-state index in [4.69, 9.17) is 4.74 Å². The summed E-state index contributed by atoms with van der Waals surface area (Å²) < 4.78 is 5.63. The lowest BCUT2D eigenvalue weighted by molar-refractivity contribution is -0.137. The fraction of sp³-hybridized carbons (Fsp3) is 0.500. The molecule has 4 nitrogen and oxygen atoms in total. The second-order valence-electron chi connectivity index (χ2n) is 5.17. The van der Waals surface area contributed by atoms with E-state index in [0.29, 0.717) is 0 Å². The second kappa shape index (κ2) is 6.55. The number of imide groups is 1. The lowest BCUT2D eigenvalue weighted by atomic mass is 9.97. The zero-order valence-electron chi connectivity index (χ0n) is 12.1. The Morgan fingerprint density at radius 3 is 2.45 bits per heavy atom. The van der Waals surface area contributed by atoms with Gasteiger partial charge in [0.15, 0.2) is 0 Å². The first kappa shape index (κ1) is 14.6. The average Bonchev–Trinajstić information content (AvgIpc) is 2.72. The Balaban J connectivity index is 1.95. The van der Waals surface area contributed by atoms with Crippen molar-refractivity contribution < 1.29 is 14.3 Å². The second-order valence-corrected chi connectivity index (χ2v) is 5.17. The Morgan fingerprint density at radius 1 is 1.20 bits per heavy atom. The Bertz CT molecular complexity index is 481. The maximum atomic E-state index is 11.9. The molecule has 0 spiro atoms. The molecule has 2 amide bonds. The molecule has 0 radical (unpaired) electrons. The van der Waals surface area contributed by atoms with Crippen LogP contribution in [0.1, 0.15) is 44.1 Å². The van der Waals surface area contributed by atoms with Gasteiger partial charge in [0.1, 0.15) is 5.75 Å². The molecule has 1 heterocycles. The summed E-state index contributed by atoms with van der Waals surface area (Å²) in [6.45, 7) is 2.88. The molecule has 0 aliphatic carbocycles. The van der Waals surface area contributed by atoms with Crippen LogP contribution in [-0.4, -0.2) is 30.4 Å². The largest absolute Gasteiger partial charge is 0.494 e. The Kier molecular flexibility index (Phi) is 4.77. The predicted molar refractivity (Wildman–Crippen MR) is 76.6 cm³/mol. The van der Waals surface area contributed by atoms with E-state index in [1.165, 1.54) is 24.8 Å². The van der Waals surface area contributed by atoms with E-state index < -0.39 is 0 Å². The topological polar surface area (TPSA) is 46.6 Å². The summed E-state index contributed by atoms with van der Waals surface area (Å²) in [5, 5.41) is 0. The number of ether oxygens (including phenoxy) is 1. The van der Waals surface area contributed by atoms with Gasteiger partial charge in [-0.25, -0.2) is 0 Å². The molecular weight excluding hydrogens is 254 g/mol. The molecule has 20 heavy (non-hydrogen) atoms. The lowest BCUT2D eigenvalue weighted by Gasteiger charge is -2.10. The highest BCUT2D eigenvalue weighted by atomic mass is 16.5. The molecule has 0 unspecified atom stereocenters. The van der Waals surface area contributed by atoms with Gasteiger partial charge in [0.25, 0.3) is 0 Å². The number of hydrogen-bond acceptors (Lipinski definition) is 3. The van der Waals surface area contributed by atoms with Crippen LogP contribution in [-0.2, 0) is 9.59 Å². The van der Waals surface area contributed by atoms with Gasteiger partial charge in [0, 0.05) is 13.5 Å². The first-order valence-electron chi connectivity index (χ1n) is 7.16. The number of likely N-dealkylation sites (N-methyl/N-ethyl adjacent to an activating group) is 1. The normalized spacial score (nSPS) is 18.7. The molecule has 1 atom stereocenters. The minimum absolute atomic E-state index is 0.111. The molecule has 2 rings (SSSR count). The number of carbonyl (C=O) groups excluding carboxylic acids is 2. The van der Waals surface area contributed by atoms with Crippen molar-refractivity contribution in [2.45, 2.75) is 38.5 Å². The van der Waals surface area contributed by atoms with Crippen molar-refractivity contribution in [3.05, 3.63) is 29.8 Å². The van der Waals surface area contributed by atoms with Gasteiger partial charge in [-0.1, -0.05) is 31.9 Å². The van der Waals surface area contributed by atoms with Crippen LogP contribution in [0.5, 0.6) is 5.75 Å². The number of benzene rings is 1. The van der Waals surface area contributed by atoms with Gasteiger partial charge in [0.2, 0.25) is 11.8 Å². The number of unbranched alkanes of at least 4 members (excludes halogenated alkanes) is 2. The van der Waals surface area contributed by atoms with E-state index in [1.807, 2.05) is 24.3 Å². The maximum Gasteiger partial charge on any atom is 0.236 e. The molecular formula is C16H21NO3. The quantitative estimate of drug-likeness (QED) is 0.592. The molecule has 0 bridgehead atoms. The first-order chi connectivity index (χ1) is 9.63. The van der Waals surface area contributed by atoms with E-state index in [9.17, 15) is 9.59 Å². The van der Waals surface area contributed by atoms with Crippen LogP contribution in [0.4, 0.5) is 0 Å². The van der Waals surface area contributed by atoms with Gasteiger partial charge in [-0.15, -0.1) is 0 Å². The van der Waals surface area contributed by atoms with Crippen molar-refractivity contribution in [2.24, 2.45) is 0 Å². The summed E-state index contributed by atoms with van der Waals surface area (Å²) in [7, 11) is 1.54. The van der Waals surface area contributed by atoms with Crippen LogP contribution in [0.15, 0.2) is 24.3 Å². The monoisotopic (exact) mass is 275 g/mol. The van der Waals surface area contributed by atoms with E-state index >= 15 is 0 Å². The van der Waals surface area contributed by atoms with Crippen molar-refractivity contribution in [2.75, 3.05) is 13.7 Å². The van der Waals surface area contributed by atoms with E-state index in [-0.39, 0.29) is 24.2 Å². The lowest BCUT2D eigenvalue weighted by Crippen LogP contribution is -2.25. The summed E-state index contributed by atoms with van der Waals surface area (Å²) in [4.78, 5) is 24.6. The molecule has 1 aromatic carbocycles. The highest BCUT2D eigenvalue weighted by Crippen LogP contribution is 2.29. The fourth-order valence-corrected chi connectivity index (χ4v) is 2.35. The van der Waals surface area contributed by atoms with Gasteiger partial charge in [0.05, 0.1) is 12.5 Å². The minimum atomic E-state index is -0.332. The summed E-state index contributed by atoms with van der Waals surface area (Å²) in [6.07, 6.45) is 3.67. The molecule has 0 N–H and O–H groups in total. The van der Waals surface area contributed by atoms with Crippen molar-refractivity contribution in [1.82, 2.24) is 4.90 Å². The highest BCUT2D eigenvalue weighted by Gasteiger charge is 2.36. The summed E-state index contributed by atoms with van der Waals surface area (Å²) in [5.74, 6) is 0.253. The maximum absolute atomic E-state index is 11.9. The van der Waals surface area contributed by atoms with Crippen LogP contribution >= 0.6 is 0 Å². The molecule has 1 aliphatic heterocycles. The Hall–Kier alpha value is -1.84. The summed E-state index contributed by atoms with van der Waals surface area (Å²) in [5.41, 5.74) is 0.883. The number of amides is 2. The van der Waals surface area contributed by atoms with Crippen LogP contribution in [0.2, 0.25) is 0 Å². The molecule has 1 saturated heterocycles. The van der Waals surface area contributed by atoms with E-state index in [2.05, 4.69) is 6.92 Å². The van der Waals surface area contributed by atoms with Gasteiger partial charge < -0.3 is 4.74 Å². The predicted octanol–water partition coefficient (Wildman–Crippen LogP) is 2.73. The van der Waals surface area contributed by atoms with Crippen molar-refractivity contribution in [1.29, 1.82) is 0 Å². The van der Waals surface area contributed by atoms with E-state index in [1.54, 1.807) is 0 Å². The third kappa shape index (κ3) is 3.18. The van der Waals surface area contributed by atoms with Crippen molar-refractivity contribution in [3.8, 4) is 5.75 Å². The third-order valence-electron chi connectivity index (χ3n) is 3.68. The highest BCUT2D eigenvalue weighted by molar-refractivity contribution is 6.05. The standard InChI is InChI=1S/C16H21NO3/c1-3-4-5-10-20-13-8-6-12(7-9-13)14-11-15(18)17(2)16(14)19/h6-9,14H,3-5,10-11H2,1-2H3/t14-/m0/s1. The average molecular weight is 275 g/mol. The molecule has 108 valence electrons. The summed E-state index contributed by atoms with van der Waals surface area (Å²) in [6, 6.07) is 7.50. The minimum Gasteiger partial charge on any atom is -0.494 e. The number of hydrogen-bond donors (Lipinski definition) is 0. The zero-order chi connectivity index (χ0) is 14.5. The van der Waals surface area contributed by atoms with Gasteiger partial charge in [-0.2, -0.15) is 0 Å². The van der Waals surface area contributed by atoms with Crippen LogP contribution in [0, 0.1) is 0 Å². The Labute approximate surface area is 119 Å². The van der Waals surface area contributed by atoms with Crippen LogP contribution in [0.3, 0.4) is 0 Å². The third-order valence-corrected chi connectivity index (χ3v) is 3.68. The number of carbonyl (C=O) groups is 2. The number of likely N-dealkylation sites (tertiary alicyclic amines) is 1. The molecule has 1 aromatic rings.